The molecule has 0 aromatic carbocycles. The van der Waals surface area contributed by atoms with E-state index in [4.69, 9.17) is 9.26 Å². The highest BCUT2D eigenvalue weighted by atomic mass is 19.4. The zero-order chi connectivity index (χ0) is 29.7. The lowest BCUT2D eigenvalue weighted by Crippen LogP contribution is -2.47. The predicted octanol–water partition coefficient (Wildman–Crippen LogP) is 6.26. The van der Waals surface area contributed by atoms with Crippen LogP contribution in [0.1, 0.15) is 50.6 Å². The van der Waals surface area contributed by atoms with Crippen LogP contribution in [-0.4, -0.2) is 60.8 Å². The number of halogens is 4. The van der Waals surface area contributed by atoms with Crippen molar-refractivity contribution in [1.29, 1.82) is 0 Å². The average Bonchev–Trinajstić information content (AvgIpc) is 3.43. The molecule has 4 aromatic rings. The minimum atomic E-state index is -4.78. The van der Waals surface area contributed by atoms with Gasteiger partial charge in [-0.05, 0) is 53.5 Å². The molecule has 0 bridgehead atoms. The van der Waals surface area contributed by atoms with Crippen LogP contribution >= 0.6 is 0 Å². The number of aryl methyl sites for hydroxylation is 2. The van der Waals surface area contributed by atoms with Gasteiger partial charge >= 0.3 is 12.3 Å². The fourth-order valence-corrected chi connectivity index (χ4v) is 4.85. The van der Waals surface area contributed by atoms with Gasteiger partial charge in [0.25, 0.3) is 0 Å². The SMILES string of the molecule is Cc1noc(C)c1-c1nc2[nH]cc(-c3nc(NC4CCCN(C(=O)OC(C)(C)C)C4)ncc3C(F)(F)F)c2cc1F. The van der Waals surface area contributed by atoms with E-state index < -0.39 is 34.9 Å². The van der Waals surface area contributed by atoms with Crippen molar-refractivity contribution in [3.63, 3.8) is 0 Å². The third kappa shape index (κ3) is 5.81. The van der Waals surface area contributed by atoms with Crippen LogP contribution in [0.5, 0.6) is 0 Å². The Morgan fingerprint density at radius 3 is 2.61 bits per heavy atom. The number of amides is 1. The summed E-state index contributed by atoms with van der Waals surface area (Å²) >= 11 is 0. The van der Waals surface area contributed by atoms with Crippen LogP contribution in [0, 0.1) is 19.7 Å². The second-order valence-corrected chi connectivity index (χ2v) is 11.0. The number of hydrogen-bond acceptors (Lipinski definition) is 8. The average molecular weight is 576 g/mol. The molecule has 0 radical (unpaired) electrons. The van der Waals surface area contributed by atoms with Crippen molar-refractivity contribution < 1.29 is 31.6 Å². The number of aromatic amines is 1. The third-order valence-electron chi connectivity index (χ3n) is 6.65. The number of rotatable bonds is 4. The van der Waals surface area contributed by atoms with Crippen LogP contribution in [-0.2, 0) is 10.9 Å². The summed E-state index contributed by atoms with van der Waals surface area (Å²) in [6, 6.07) is 0.797. The second-order valence-electron chi connectivity index (χ2n) is 11.0. The van der Waals surface area contributed by atoms with Gasteiger partial charge in [-0.15, -0.1) is 0 Å². The molecule has 2 N–H and O–H groups in total. The number of likely N-dealkylation sites (tertiary alicyclic amines) is 1. The summed E-state index contributed by atoms with van der Waals surface area (Å²) in [7, 11) is 0. The fourth-order valence-electron chi connectivity index (χ4n) is 4.85. The number of pyridine rings is 1. The lowest BCUT2D eigenvalue weighted by atomic mass is 10.0. The molecule has 1 amide bonds. The first kappa shape index (κ1) is 28.3. The molecule has 4 aromatic heterocycles. The molecule has 218 valence electrons. The number of ether oxygens (including phenoxy) is 1. The van der Waals surface area contributed by atoms with E-state index in [1.807, 2.05) is 0 Å². The normalized spacial score (nSPS) is 16.3. The molecule has 1 aliphatic rings. The zero-order valence-electron chi connectivity index (χ0n) is 23.1. The standard InChI is InChI=1S/C27H29F4N7O3/c1-13-20(14(2)41-37-13)22-19(28)9-16-17(10-32-23(16)35-22)21-18(27(29,30)31)11-33-24(36-21)34-15-7-6-8-38(12-15)25(39)40-26(3,4)5/h9-11,15H,6-8,12H2,1-5H3,(H,32,35)(H,33,34,36). The maximum absolute atomic E-state index is 15.3. The molecule has 5 rings (SSSR count). The second kappa shape index (κ2) is 10.3. The lowest BCUT2D eigenvalue weighted by Gasteiger charge is -2.34. The Hall–Kier alpha value is -4.23. The molecule has 1 atom stereocenters. The maximum Gasteiger partial charge on any atom is 0.419 e. The molecule has 0 spiro atoms. The van der Waals surface area contributed by atoms with Gasteiger partial charge in [-0.25, -0.2) is 24.1 Å². The van der Waals surface area contributed by atoms with E-state index in [9.17, 15) is 18.0 Å². The van der Waals surface area contributed by atoms with E-state index in [1.165, 1.54) is 6.20 Å². The first-order chi connectivity index (χ1) is 19.2. The maximum atomic E-state index is 15.3. The summed E-state index contributed by atoms with van der Waals surface area (Å²) < 4.78 is 68.0. The molecule has 1 saturated heterocycles. The predicted molar refractivity (Wildman–Crippen MR) is 142 cm³/mol. The third-order valence-corrected chi connectivity index (χ3v) is 6.65. The van der Waals surface area contributed by atoms with Crippen molar-refractivity contribution in [1.82, 2.24) is 30.0 Å². The zero-order valence-corrected chi connectivity index (χ0v) is 23.1. The van der Waals surface area contributed by atoms with Crippen LogP contribution in [0.4, 0.5) is 28.3 Å². The van der Waals surface area contributed by atoms with Gasteiger partial charge in [0.15, 0.2) is 0 Å². The summed E-state index contributed by atoms with van der Waals surface area (Å²) in [6.07, 6.45) is -1.95. The summed E-state index contributed by atoms with van der Waals surface area (Å²) in [5, 5.41) is 6.99. The monoisotopic (exact) mass is 575 g/mol. The Morgan fingerprint density at radius 2 is 1.95 bits per heavy atom. The Morgan fingerprint density at radius 1 is 1.20 bits per heavy atom. The molecule has 0 aliphatic carbocycles. The number of nitrogens with one attached hydrogen (secondary N) is 2. The van der Waals surface area contributed by atoms with Crippen LogP contribution < -0.4 is 5.32 Å². The molecular weight excluding hydrogens is 546 g/mol. The minimum absolute atomic E-state index is 0.00788. The first-order valence-corrected chi connectivity index (χ1v) is 13.0. The fraction of sp³-hybridized carbons (Fsp3) is 0.444. The molecule has 0 saturated carbocycles. The molecule has 1 unspecified atom stereocenters. The number of hydrogen-bond donors (Lipinski definition) is 2. The van der Waals surface area contributed by atoms with E-state index in [0.29, 0.717) is 42.6 Å². The summed E-state index contributed by atoms with van der Waals surface area (Å²) in [5.41, 5.74) is -1.24. The topological polar surface area (TPSA) is 122 Å². The summed E-state index contributed by atoms with van der Waals surface area (Å²) in [4.78, 5) is 29.4. The van der Waals surface area contributed by atoms with Crippen molar-refractivity contribution >= 4 is 23.1 Å². The molecule has 5 heterocycles. The number of alkyl halides is 3. The number of aromatic nitrogens is 5. The van der Waals surface area contributed by atoms with Crippen LogP contribution in [0.15, 0.2) is 23.0 Å². The number of fused-ring (bicyclic) bond motifs is 1. The number of piperidine rings is 1. The van der Waals surface area contributed by atoms with Gasteiger partial charge in [0.2, 0.25) is 5.95 Å². The Balaban J connectivity index is 1.49. The van der Waals surface area contributed by atoms with Crippen LogP contribution in [0.2, 0.25) is 0 Å². The van der Waals surface area contributed by atoms with Gasteiger partial charge in [-0.2, -0.15) is 13.2 Å². The van der Waals surface area contributed by atoms with Crippen molar-refractivity contribution in [3.8, 4) is 22.5 Å². The van der Waals surface area contributed by atoms with Crippen LogP contribution in [0.25, 0.3) is 33.5 Å². The van der Waals surface area contributed by atoms with Gasteiger partial charge < -0.3 is 24.5 Å². The van der Waals surface area contributed by atoms with E-state index in [-0.39, 0.29) is 40.8 Å². The Labute approximate surface area is 232 Å². The van der Waals surface area contributed by atoms with Gasteiger partial charge in [0.1, 0.15) is 34.1 Å². The number of H-pyrrole nitrogens is 1. The van der Waals surface area contributed by atoms with Crippen molar-refractivity contribution in [3.05, 3.63) is 41.3 Å². The van der Waals surface area contributed by atoms with Crippen molar-refractivity contribution in [2.75, 3.05) is 18.4 Å². The highest BCUT2D eigenvalue weighted by Crippen LogP contribution is 2.40. The van der Waals surface area contributed by atoms with E-state index in [2.05, 4.69) is 30.4 Å². The van der Waals surface area contributed by atoms with E-state index in [1.54, 1.807) is 39.5 Å². The van der Waals surface area contributed by atoms with E-state index >= 15 is 4.39 Å². The molecule has 1 fully saturated rings. The summed E-state index contributed by atoms with van der Waals surface area (Å²) in [5.74, 6) is -0.448. The van der Waals surface area contributed by atoms with Crippen LogP contribution in [0.3, 0.4) is 0 Å². The lowest BCUT2D eigenvalue weighted by molar-refractivity contribution is -0.137. The quantitative estimate of drug-likeness (QED) is 0.274. The molecule has 41 heavy (non-hydrogen) atoms. The van der Waals surface area contributed by atoms with Crippen molar-refractivity contribution in [2.45, 2.75) is 65.3 Å². The molecular formula is C27H29F4N7O3. The molecule has 1 aliphatic heterocycles. The van der Waals surface area contributed by atoms with E-state index in [0.717, 1.165) is 6.07 Å². The summed E-state index contributed by atoms with van der Waals surface area (Å²) in [6.45, 7) is 9.33. The largest absolute Gasteiger partial charge is 0.444 e. The highest BCUT2D eigenvalue weighted by Gasteiger charge is 2.37. The van der Waals surface area contributed by atoms with Crippen molar-refractivity contribution in [2.24, 2.45) is 0 Å². The smallest absolute Gasteiger partial charge is 0.419 e. The minimum Gasteiger partial charge on any atom is -0.444 e. The Bertz CT molecular complexity index is 1590. The molecule has 14 heteroatoms. The molecule has 10 nitrogen and oxygen atoms in total. The number of carbonyl (C=O) groups excluding carboxylic acids is 1. The number of anilines is 1. The first-order valence-electron chi connectivity index (χ1n) is 13.0. The van der Waals surface area contributed by atoms with Gasteiger partial charge in [0.05, 0.1) is 17.0 Å². The Kier molecular flexibility index (Phi) is 7.12. The highest BCUT2D eigenvalue weighted by molar-refractivity contribution is 5.95. The number of carbonyl (C=O) groups is 1. The van der Waals surface area contributed by atoms with Gasteiger partial charge in [-0.3, -0.25) is 0 Å². The van der Waals surface area contributed by atoms with Gasteiger partial charge in [0, 0.05) is 42.5 Å². The number of nitrogens with zero attached hydrogens (tertiary/aromatic N) is 5. The van der Waals surface area contributed by atoms with Gasteiger partial charge in [-0.1, -0.05) is 5.16 Å².